The van der Waals surface area contributed by atoms with Gasteiger partial charge in [0.05, 0.1) is 0 Å². The summed E-state index contributed by atoms with van der Waals surface area (Å²) < 4.78 is 1.09. The quantitative estimate of drug-likeness (QED) is 0.862. The van der Waals surface area contributed by atoms with Crippen LogP contribution < -0.4 is 0 Å². The lowest BCUT2D eigenvalue weighted by Gasteiger charge is -2.14. The van der Waals surface area contributed by atoms with Crippen molar-refractivity contribution in [3.05, 3.63) is 55.2 Å². The van der Waals surface area contributed by atoms with Gasteiger partial charge >= 0.3 is 0 Å². The Hall–Kier alpha value is -0.640. The number of aliphatic hydroxyl groups excluding tert-OH is 1. The van der Waals surface area contributed by atoms with Crippen LogP contribution in [0.2, 0.25) is 0 Å². The van der Waals surface area contributed by atoms with Crippen LogP contribution in [0.5, 0.6) is 0 Å². The predicted molar refractivity (Wildman–Crippen MR) is 81.4 cm³/mol. The van der Waals surface area contributed by atoms with Gasteiger partial charge in [-0.15, -0.1) is 11.3 Å². The van der Waals surface area contributed by atoms with Crippen molar-refractivity contribution in [2.45, 2.75) is 33.3 Å². The van der Waals surface area contributed by atoms with E-state index >= 15 is 0 Å². The van der Waals surface area contributed by atoms with Gasteiger partial charge in [-0.1, -0.05) is 28.9 Å². The van der Waals surface area contributed by atoms with Gasteiger partial charge in [-0.2, -0.15) is 0 Å². The van der Waals surface area contributed by atoms with Gasteiger partial charge in [-0.05, 0) is 55.2 Å². The summed E-state index contributed by atoms with van der Waals surface area (Å²) in [6, 6.07) is 8.27. The topological polar surface area (TPSA) is 20.2 Å². The van der Waals surface area contributed by atoms with Crippen molar-refractivity contribution in [3.8, 4) is 0 Å². The Morgan fingerprint density at radius 3 is 2.56 bits per heavy atom. The molecule has 2 rings (SSSR count). The maximum Gasteiger partial charge on any atom is 0.113 e. The molecule has 1 atom stereocenters. The second kappa shape index (κ2) is 5.55. The first-order valence-corrected chi connectivity index (χ1v) is 7.67. The molecule has 0 fully saturated rings. The number of hydrogen-bond donors (Lipinski definition) is 1. The second-order valence-electron chi connectivity index (χ2n) is 4.52. The molecule has 1 N–H and O–H groups in total. The Bertz CT molecular complexity index is 560. The average molecular weight is 325 g/mol. The monoisotopic (exact) mass is 324 g/mol. The smallest absolute Gasteiger partial charge is 0.113 e. The Kier molecular flexibility index (Phi) is 4.25. The molecule has 1 nitrogen and oxygen atoms in total. The van der Waals surface area contributed by atoms with Gasteiger partial charge in [0.2, 0.25) is 0 Å². The van der Waals surface area contributed by atoms with Crippen molar-refractivity contribution in [2.24, 2.45) is 0 Å². The minimum Gasteiger partial charge on any atom is -0.383 e. The summed E-state index contributed by atoms with van der Waals surface area (Å²) in [7, 11) is 0. The van der Waals surface area contributed by atoms with Crippen LogP contribution in [-0.4, -0.2) is 5.11 Å². The van der Waals surface area contributed by atoms with Crippen molar-refractivity contribution in [2.75, 3.05) is 0 Å². The molecular formula is C15H17BrOS. The zero-order valence-corrected chi connectivity index (χ0v) is 13.2. The van der Waals surface area contributed by atoms with E-state index < -0.39 is 6.10 Å². The highest BCUT2D eigenvalue weighted by Crippen LogP contribution is 2.32. The molecule has 1 heterocycles. The summed E-state index contributed by atoms with van der Waals surface area (Å²) in [4.78, 5) is 2.34. The lowest BCUT2D eigenvalue weighted by molar-refractivity contribution is 0.223. The summed E-state index contributed by atoms with van der Waals surface area (Å²) in [5.74, 6) is 0. The van der Waals surface area contributed by atoms with Crippen molar-refractivity contribution in [3.63, 3.8) is 0 Å². The molecule has 0 radical (unpaired) electrons. The van der Waals surface area contributed by atoms with Crippen LogP contribution in [-0.2, 0) is 6.42 Å². The summed E-state index contributed by atoms with van der Waals surface area (Å²) in [5.41, 5.74) is 3.27. The molecule has 0 saturated heterocycles. The third kappa shape index (κ3) is 2.68. The van der Waals surface area contributed by atoms with E-state index in [0.29, 0.717) is 0 Å². The average Bonchev–Trinajstić information content (AvgIpc) is 2.81. The van der Waals surface area contributed by atoms with Crippen molar-refractivity contribution < 1.29 is 5.11 Å². The van der Waals surface area contributed by atoms with Crippen LogP contribution in [0.3, 0.4) is 0 Å². The fourth-order valence-corrected chi connectivity index (χ4v) is 3.40. The van der Waals surface area contributed by atoms with Crippen LogP contribution in [0.25, 0.3) is 0 Å². The van der Waals surface area contributed by atoms with Gasteiger partial charge < -0.3 is 5.11 Å². The minimum atomic E-state index is -0.512. The van der Waals surface area contributed by atoms with E-state index in [2.05, 4.69) is 41.1 Å². The number of rotatable bonds is 3. The Labute approximate surface area is 121 Å². The summed E-state index contributed by atoms with van der Waals surface area (Å²) in [5, 5.41) is 10.5. The molecule has 3 heteroatoms. The molecule has 96 valence electrons. The fraction of sp³-hybridized carbons (Fsp3) is 0.333. The molecule has 0 aliphatic carbocycles. The molecule has 18 heavy (non-hydrogen) atoms. The Morgan fingerprint density at radius 2 is 1.94 bits per heavy atom. The summed E-state index contributed by atoms with van der Waals surface area (Å²) in [6.45, 7) is 6.22. The van der Waals surface area contributed by atoms with Crippen LogP contribution in [0.1, 0.15) is 39.5 Å². The van der Waals surface area contributed by atoms with E-state index in [9.17, 15) is 5.11 Å². The molecule has 2 aromatic rings. The van der Waals surface area contributed by atoms with E-state index in [1.807, 2.05) is 19.9 Å². The zero-order valence-electron chi connectivity index (χ0n) is 10.8. The van der Waals surface area contributed by atoms with E-state index in [4.69, 9.17) is 0 Å². The lowest BCUT2D eigenvalue weighted by atomic mass is 10.00. The first-order chi connectivity index (χ1) is 8.52. The van der Waals surface area contributed by atoms with E-state index in [0.717, 1.165) is 32.5 Å². The summed E-state index contributed by atoms with van der Waals surface area (Å²) in [6.07, 6.45) is 0.512. The standard InChI is InChI=1S/C15H17BrOS/c1-4-11-5-6-14(18-11)15(17)12-7-10(3)13(16)8-9(12)2/h5-8,15,17H,4H2,1-3H3. The molecule has 0 amide bonds. The van der Waals surface area contributed by atoms with Crippen LogP contribution in [0.15, 0.2) is 28.7 Å². The van der Waals surface area contributed by atoms with Gasteiger partial charge in [0.1, 0.15) is 6.10 Å². The largest absolute Gasteiger partial charge is 0.383 e. The number of aliphatic hydroxyl groups is 1. The van der Waals surface area contributed by atoms with Gasteiger partial charge in [-0.3, -0.25) is 0 Å². The first kappa shape index (κ1) is 13.8. The highest BCUT2D eigenvalue weighted by molar-refractivity contribution is 9.10. The third-order valence-corrected chi connectivity index (χ3v) is 5.28. The van der Waals surface area contributed by atoms with Crippen molar-refractivity contribution in [1.29, 1.82) is 0 Å². The molecule has 1 unspecified atom stereocenters. The van der Waals surface area contributed by atoms with Gasteiger partial charge in [0.25, 0.3) is 0 Å². The Morgan fingerprint density at radius 1 is 1.22 bits per heavy atom. The number of halogens is 1. The van der Waals surface area contributed by atoms with Crippen molar-refractivity contribution >= 4 is 27.3 Å². The number of aryl methyl sites for hydroxylation is 3. The van der Waals surface area contributed by atoms with Crippen LogP contribution in [0.4, 0.5) is 0 Å². The SMILES string of the molecule is CCc1ccc(C(O)c2cc(C)c(Br)cc2C)s1. The molecule has 1 aromatic heterocycles. The second-order valence-corrected chi connectivity index (χ2v) is 6.57. The normalized spacial score (nSPS) is 12.7. The van der Waals surface area contributed by atoms with E-state index in [-0.39, 0.29) is 0 Å². The number of hydrogen-bond acceptors (Lipinski definition) is 2. The number of thiophene rings is 1. The molecule has 0 aliphatic rings. The summed E-state index contributed by atoms with van der Waals surface area (Å²) >= 11 is 5.21. The van der Waals surface area contributed by atoms with Crippen molar-refractivity contribution in [1.82, 2.24) is 0 Å². The van der Waals surface area contributed by atoms with Gasteiger partial charge in [0, 0.05) is 14.2 Å². The maximum absolute atomic E-state index is 10.5. The highest BCUT2D eigenvalue weighted by Gasteiger charge is 2.16. The highest BCUT2D eigenvalue weighted by atomic mass is 79.9. The maximum atomic E-state index is 10.5. The molecule has 0 bridgehead atoms. The van der Waals surface area contributed by atoms with Crippen LogP contribution >= 0.6 is 27.3 Å². The van der Waals surface area contributed by atoms with E-state index in [1.165, 1.54) is 4.88 Å². The molecule has 0 saturated carbocycles. The first-order valence-electron chi connectivity index (χ1n) is 6.06. The molecule has 0 spiro atoms. The predicted octanol–water partition coefficient (Wildman–Crippen LogP) is 4.77. The Balaban J connectivity index is 2.39. The molecule has 0 aliphatic heterocycles. The van der Waals surface area contributed by atoms with Crippen LogP contribution in [0, 0.1) is 13.8 Å². The molecular weight excluding hydrogens is 308 g/mol. The third-order valence-electron chi connectivity index (χ3n) is 3.14. The molecule has 1 aromatic carbocycles. The van der Waals surface area contributed by atoms with E-state index in [1.54, 1.807) is 11.3 Å². The lowest BCUT2D eigenvalue weighted by Crippen LogP contribution is -2.01. The zero-order chi connectivity index (χ0) is 13.3. The fourth-order valence-electron chi connectivity index (χ4n) is 1.98. The van der Waals surface area contributed by atoms with Gasteiger partial charge in [-0.25, -0.2) is 0 Å². The number of benzene rings is 1. The minimum absolute atomic E-state index is 0.512. The van der Waals surface area contributed by atoms with Gasteiger partial charge in [0.15, 0.2) is 0 Å².